The Hall–Kier alpha value is -2.65. The molecule has 0 radical (unpaired) electrons. The number of carboxylic acid groups (broad SMARTS) is 1. The van der Waals surface area contributed by atoms with Crippen LogP contribution in [-0.4, -0.2) is 45.4 Å². The summed E-state index contributed by atoms with van der Waals surface area (Å²) >= 11 is 9.45. The second-order valence-corrected chi connectivity index (χ2v) is 6.50. The van der Waals surface area contributed by atoms with E-state index in [9.17, 15) is 14.7 Å². The summed E-state index contributed by atoms with van der Waals surface area (Å²) < 4.78 is 21.2. The van der Waals surface area contributed by atoms with Crippen LogP contribution < -0.4 is 24.3 Å². The van der Waals surface area contributed by atoms with Crippen molar-refractivity contribution in [3.8, 4) is 23.0 Å². The summed E-state index contributed by atoms with van der Waals surface area (Å²) in [6, 6.07) is 4.00. The van der Waals surface area contributed by atoms with E-state index in [4.69, 9.17) is 30.5 Å². The molecule has 0 saturated carbocycles. The molecule has 0 unspecified atom stereocenters. The van der Waals surface area contributed by atoms with E-state index in [1.165, 1.54) is 46.6 Å². The summed E-state index contributed by atoms with van der Waals surface area (Å²) in [5.74, 6) is -0.813. The quantitative estimate of drug-likeness (QED) is 0.623. The Balaban J connectivity index is 2.50. The second-order valence-electron chi connectivity index (χ2n) is 5.30. The number of carboxylic acids is 1. The van der Waals surface area contributed by atoms with Gasteiger partial charge in [0, 0.05) is 6.07 Å². The van der Waals surface area contributed by atoms with E-state index < -0.39 is 11.9 Å². The van der Waals surface area contributed by atoms with Crippen LogP contribution in [0.3, 0.4) is 0 Å². The molecule has 150 valence electrons. The van der Waals surface area contributed by atoms with Gasteiger partial charge in [-0.1, -0.05) is 11.6 Å². The Kier molecular flexibility index (Phi) is 6.98. The van der Waals surface area contributed by atoms with E-state index >= 15 is 0 Å². The van der Waals surface area contributed by atoms with E-state index in [1.807, 2.05) is 0 Å². The summed E-state index contributed by atoms with van der Waals surface area (Å²) in [5, 5.41) is 11.9. The van der Waals surface area contributed by atoms with E-state index in [2.05, 4.69) is 21.2 Å². The number of amides is 1. The second kappa shape index (κ2) is 9.03. The van der Waals surface area contributed by atoms with Gasteiger partial charge in [-0.2, -0.15) is 0 Å². The average molecular weight is 475 g/mol. The van der Waals surface area contributed by atoms with Gasteiger partial charge in [0.25, 0.3) is 5.91 Å². The molecule has 28 heavy (non-hydrogen) atoms. The van der Waals surface area contributed by atoms with Crippen LogP contribution >= 0.6 is 27.5 Å². The third kappa shape index (κ3) is 4.10. The highest BCUT2D eigenvalue weighted by Gasteiger charge is 2.24. The van der Waals surface area contributed by atoms with Gasteiger partial charge >= 0.3 is 5.97 Å². The number of benzene rings is 2. The highest BCUT2D eigenvalue weighted by Crippen LogP contribution is 2.45. The normalized spacial score (nSPS) is 10.2. The van der Waals surface area contributed by atoms with E-state index in [1.54, 1.807) is 0 Å². The van der Waals surface area contributed by atoms with Crippen molar-refractivity contribution in [2.75, 3.05) is 33.8 Å². The Morgan fingerprint density at radius 2 is 1.54 bits per heavy atom. The fourth-order valence-electron chi connectivity index (χ4n) is 2.46. The lowest BCUT2D eigenvalue weighted by Crippen LogP contribution is -2.14. The fraction of sp³-hybridized carbons (Fsp3) is 0.222. The summed E-state index contributed by atoms with van der Waals surface area (Å²) in [7, 11) is 5.62. The van der Waals surface area contributed by atoms with Crippen molar-refractivity contribution in [1.82, 2.24) is 0 Å². The molecule has 10 heteroatoms. The molecule has 2 aromatic rings. The van der Waals surface area contributed by atoms with Crippen LogP contribution in [0.5, 0.6) is 23.0 Å². The number of carbonyl (C=O) groups is 2. The average Bonchev–Trinajstić information content (AvgIpc) is 2.68. The van der Waals surface area contributed by atoms with Crippen LogP contribution in [0.15, 0.2) is 22.7 Å². The molecule has 0 aliphatic carbocycles. The molecule has 0 bridgehead atoms. The van der Waals surface area contributed by atoms with Crippen LogP contribution in [-0.2, 0) is 0 Å². The number of hydrogen-bond acceptors (Lipinski definition) is 6. The zero-order valence-corrected chi connectivity index (χ0v) is 17.7. The predicted molar refractivity (Wildman–Crippen MR) is 107 cm³/mol. The van der Waals surface area contributed by atoms with Crippen molar-refractivity contribution >= 4 is 45.1 Å². The Labute approximate surface area is 174 Å². The molecule has 2 N–H and O–H groups in total. The maximum atomic E-state index is 12.8. The minimum absolute atomic E-state index is 0.0371. The van der Waals surface area contributed by atoms with Gasteiger partial charge in [0.05, 0.1) is 49.2 Å². The molecule has 0 atom stereocenters. The largest absolute Gasteiger partial charge is 0.496 e. The third-order valence-corrected chi connectivity index (χ3v) is 4.88. The molecule has 1 amide bonds. The number of anilines is 1. The summed E-state index contributed by atoms with van der Waals surface area (Å²) in [6.07, 6.45) is 0. The first-order chi connectivity index (χ1) is 13.3. The van der Waals surface area contributed by atoms with Crippen LogP contribution in [0.1, 0.15) is 20.7 Å². The maximum Gasteiger partial charge on any atom is 0.339 e. The Morgan fingerprint density at radius 1 is 0.929 bits per heavy atom. The molecule has 2 rings (SSSR count). The lowest BCUT2D eigenvalue weighted by molar-refractivity contribution is 0.0693. The number of methoxy groups -OCH3 is 4. The van der Waals surface area contributed by atoms with Gasteiger partial charge in [-0.3, -0.25) is 4.79 Å². The van der Waals surface area contributed by atoms with Crippen molar-refractivity contribution < 1.29 is 33.6 Å². The topological polar surface area (TPSA) is 103 Å². The summed E-state index contributed by atoms with van der Waals surface area (Å²) in [6.45, 7) is 0. The van der Waals surface area contributed by atoms with Gasteiger partial charge in [-0.15, -0.1) is 0 Å². The van der Waals surface area contributed by atoms with Gasteiger partial charge in [0.2, 0.25) is 5.75 Å². The van der Waals surface area contributed by atoms with Gasteiger partial charge < -0.3 is 29.4 Å². The maximum absolute atomic E-state index is 12.8. The van der Waals surface area contributed by atoms with Crippen LogP contribution in [0, 0.1) is 0 Å². The highest BCUT2D eigenvalue weighted by molar-refractivity contribution is 9.10. The molecule has 0 aromatic heterocycles. The zero-order chi connectivity index (χ0) is 21.0. The van der Waals surface area contributed by atoms with Gasteiger partial charge in [-0.05, 0) is 28.1 Å². The van der Waals surface area contributed by atoms with Gasteiger partial charge in [-0.25, -0.2) is 4.79 Å². The minimum atomic E-state index is -1.20. The van der Waals surface area contributed by atoms with Crippen molar-refractivity contribution in [3.05, 3.63) is 38.8 Å². The predicted octanol–water partition coefficient (Wildman–Crippen LogP) is 4.09. The first-order valence-electron chi connectivity index (χ1n) is 7.69. The van der Waals surface area contributed by atoms with Crippen molar-refractivity contribution in [1.29, 1.82) is 0 Å². The number of aromatic carboxylic acids is 1. The lowest BCUT2D eigenvalue weighted by atomic mass is 10.1. The summed E-state index contributed by atoms with van der Waals surface area (Å²) in [5.41, 5.74) is 0.237. The van der Waals surface area contributed by atoms with Gasteiger partial charge in [0.15, 0.2) is 11.5 Å². The van der Waals surface area contributed by atoms with Crippen LogP contribution in [0.2, 0.25) is 5.02 Å². The monoisotopic (exact) mass is 473 g/mol. The van der Waals surface area contributed by atoms with Crippen molar-refractivity contribution in [3.63, 3.8) is 0 Å². The number of halogens is 2. The van der Waals surface area contributed by atoms with E-state index in [0.29, 0.717) is 10.2 Å². The molecular formula is C18H17BrClNO7. The Morgan fingerprint density at radius 3 is 2.04 bits per heavy atom. The lowest BCUT2D eigenvalue weighted by Gasteiger charge is -2.17. The standard InChI is InChI=1S/C18H17BrClNO7/c1-25-12-7-11(10(20)5-8(12)18(23)24)21-17(22)9-6-13(26-2)15(27-3)16(28-4)14(9)19/h5-7H,1-4H3,(H,21,22)(H,23,24). The number of rotatable bonds is 7. The van der Waals surface area contributed by atoms with Crippen LogP contribution in [0.4, 0.5) is 5.69 Å². The molecule has 0 heterocycles. The first kappa shape index (κ1) is 21.6. The summed E-state index contributed by atoms with van der Waals surface area (Å²) in [4.78, 5) is 24.1. The number of hydrogen-bond donors (Lipinski definition) is 2. The molecule has 0 aliphatic rings. The highest BCUT2D eigenvalue weighted by atomic mass is 79.9. The number of ether oxygens (including phenoxy) is 4. The van der Waals surface area contributed by atoms with E-state index in [0.717, 1.165) is 0 Å². The first-order valence-corrected chi connectivity index (χ1v) is 8.86. The van der Waals surface area contributed by atoms with E-state index in [-0.39, 0.29) is 39.1 Å². The number of nitrogens with one attached hydrogen (secondary N) is 1. The third-order valence-electron chi connectivity index (χ3n) is 3.78. The van der Waals surface area contributed by atoms with Gasteiger partial charge in [0.1, 0.15) is 11.3 Å². The van der Waals surface area contributed by atoms with Crippen molar-refractivity contribution in [2.24, 2.45) is 0 Å². The smallest absolute Gasteiger partial charge is 0.339 e. The zero-order valence-electron chi connectivity index (χ0n) is 15.4. The SMILES string of the molecule is COc1cc(NC(=O)c2cc(OC)c(OC)c(OC)c2Br)c(Cl)cc1C(=O)O. The molecular weight excluding hydrogens is 458 g/mol. The Bertz CT molecular complexity index is 933. The molecule has 0 spiro atoms. The molecule has 2 aromatic carbocycles. The number of carbonyl (C=O) groups excluding carboxylic acids is 1. The van der Waals surface area contributed by atoms with Crippen LogP contribution in [0.25, 0.3) is 0 Å². The molecule has 8 nitrogen and oxygen atoms in total. The fourth-order valence-corrected chi connectivity index (χ4v) is 3.31. The molecule has 0 fully saturated rings. The molecule has 0 saturated heterocycles. The minimum Gasteiger partial charge on any atom is -0.496 e. The molecule has 0 aliphatic heterocycles. The van der Waals surface area contributed by atoms with Crippen molar-refractivity contribution in [2.45, 2.75) is 0 Å².